The van der Waals surface area contributed by atoms with Crippen molar-refractivity contribution in [3.63, 3.8) is 0 Å². The Morgan fingerprint density at radius 1 is 1.50 bits per heavy atom. The highest BCUT2D eigenvalue weighted by Gasteiger charge is 2.12. The van der Waals surface area contributed by atoms with Crippen LogP contribution in [0.15, 0.2) is 10.6 Å². The summed E-state index contributed by atoms with van der Waals surface area (Å²) in [5.41, 5.74) is 1.70. The van der Waals surface area contributed by atoms with Crippen LogP contribution in [0, 0.1) is 6.92 Å². The van der Waals surface area contributed by atoms with Crippen molar-refractivity contribution in [3.8, 4) is 0 Å². The van der Waals surface area contributed by atoms with E-state index in [1.54, 1.807) is 11.6 Å². The van der Waals surface area contributed by atoms with Crippen molar-refractivity contribution in [3.05, 3.63) is 17.8 Å². The fourth-order valence-electron chi connectivity index (χ4n) is 1.28. The highest BCUT2D eigenvalue weighted by Crippen LogP contribution is 2.22. The Hall–Kier alpha value is -1.56. The number of anilines is 2. The summed E-state index contributed by atoms with van der Waals surface area (Å²) in [5.74, 6) is 0.394. The number of alkyl halides is 1. The van der Waals surface area contributed by atoms with Gasteiger partial charge < -0.3 is 9.73 Å². The number of aryl methyl sites for hydroxylation is 2. The lowest BCUT2D eigenvalue weighted by atomic mass is 10.4. The molecule has 2 aromatic rings. The maximum Gasteiger partial charge on any atom is 0.320 e. The molecule has 0 fully saturated rings. The minimum absolute atomic E-state index is 0.293. The fourth-order valence-corrected chi connectivity index (χ4v) is 1.37. The quantitative estimate of drug-likeness (QED) is 0.834. The number of nitrogens with zero attached hydrogens (tertiary/aromatic N) is 4. The summed E-state index contributed by atoms with van der Waals surface area (Å²) in [6, 6.07) is 0.318. The third kappa shape index (κ3) is 2.16. The summed E-state index contributed by atoms with van der Waals surface area (Å²) in [4.78, 5) is 0. The SMILES string of the molecule is Cc1nn(C)cc1Nc1nnc(C(C)Cl)o1. The molecule has 0 saturated carbocycles. The van der Waals surface area contributed by atoms with Gasteiger partial charge in [0, 0.05) is 13.2 Å². The molecule has 0 aromatic carbocycles. The second kappa shape index (κ2) is 4.13. The molecule has 0 aliphatic carbocycles. The largest absolute Gasteiger partial charge is 0.406 e. The second-order valence-electron chi connectivity index (χ2n) is 3.49. The van der Waals surface area contributed by atoms with E-state index in [1.807, 2.05) is 20.2 Å². The second-order valence-corrected chi connectivity index (χ2v) is 4.14. The monoisotopic (exact) mass is 241 g/mol. The van der Waals surface area contributed by atoms with Crippen LogP contribution in [0.5, 0.6) is 0 Å². The molecule has 1 atom stereocenters. The Kier molecular flexibility index (Phi) is 2.82. The summed E-state index contributed by atoms with van der Waals surface area (Å²) in [5, 5.41) is 14.5. The summed E-state index contributed by atoms with van der Waals surface area (Å²) >= 11 is 5.81. The third-order valence-electron chi connectivity index (χ3n) is 2.04. The molecule has 0 radical (unpaired) electrons. The van der Waals surface area contributed by atoms with Crippen molar-refractivity contribution in [2.24, 2.45) is 7.05 Å². The van der Waals surface area contributed by atoms with E-state index >= 15 is 0 Å². The maximum absolute atomic E-state index is 5.81. The van der Waals surface area contributed by atoms with Crippen LogP contribution in [0.4, 0.5) is 11.7 Å². The van der Waals surface area contributed by atoms with Gasteiger partial charge in [-0.25, -0.2) is 0 Å². The molecule has 0 spiro atoms. The first kappa shape index (κ1) is 10.9. The van der Waals surface area contributed by atoms with Crippen LogP contribution >= 0.6 is 11.6 Å². The lowest BCUT2D eigenvalue weighted by molar-refractivity contribution is 0.510. The van der Waals surface area contributed by atoms with Crippen LogP contribution in [0.25, 0.3) is 0 Å². The Morgan fingerprint density at radius 3 is 2.75 bits per heavy atom. The average Bonchev–Trinajstić information content (AvgIpc) is 2.75. The van der Waals surface area contributed by atoms with Crippen molar-refractivity contribution in [2.45, 2.75) is 19.2 Å². The standard InChI is InChI=1S/C9H12ClN5O/c1-5(10)8-12-13-9(16-8)11-7-4-15(3)14-6(7)2/h4-5H,1-3H3,(H,11,13). The van der Waals surface area contributed by atoms with Crippen LogP contribution in [0.2, 0.25) is 0 Å². The van der Waals surface area contributed by atoms with Crippen molar-refractivity contribution in [1.82, 2.24) is 20.0 Å². The summed E-state index contributed by atoms with van der Waals surface area (Å²) < 4.78 is 7.02. The maximum atomic E-state index is 5.81. The number of hydrogen-bond acceptors (Lipinski definition) is 5. The van der Waals surface area contributed by atoms with Crippen molar-refractivity contribution >= 4 is 23.3 Å². The molecular weight excluding hydrogens is 230 g/mol. The van der Waals surface area contributed by atoms with E-state index in [9.17, 15) is 0 Å². The average molecular weight is 242 g/mol. The van der Waals surface area contributed by atoms with E-state index in [-0.39, 0.29) is 5.38 Å². The Balaban J connectivity index is 2.17. The first-order chi connectivity index (χ1) is 7.56. The molecule has 0 amide bonds. The van der Waals surface area contributed by atoms with E-state index in [0.717, 1.165) is 11.4 Å². The van der Waals surface area contributed by atoms with Crippen LogP contribution in [0.3, 0.4) is 0 Å². The molecule has 7 heteroatoms. The Bertz CT molecular complexity index is 490. The van der Waals surface area contributed by atoms with Gasteiger partial charge in [0.25, 0.3) is 0 Å². The lowest BCUT2D eigenvalue weighted by Gasteiger charge is -1.97. The van der Waals surface area contributed by atoms with Crippen molar-refractivity contribution < 1.29 is 4.42 Å². The van der Waals surface area contributed by atoms with Gasteiger partial charge in [0.15, 0.2) is 0 Å². The normalized spacial score (nSPS) is 12.8. The highest BCUT2D eigenvalue weighted by molar-refractivity contribution is 6.20. The molecule has 1 unspecified atom stereocenters. The number of hydrogen-bond donors (Lipinski definition) is 1. The van der Waals surface area contributed by atoms with E-state index in [0.29, 0.717) is 11.9 Å². The van der Waals surface area contributed by atoms with Crippen molar-refractivity contribution in [1.29, 1.82) is 0 Å². The predicted molar refractivity (Wildman–Crippen MR) is 59.8 cm³/mol. The van der Waals surface area contributed by atoms with Gasteiger partial charge in [-0.05, 0) is 13.8 Å². The molecule has 6 nitrogen and oxygen atoms in total. The summed E-state index contributed by atoms with van der Waals surface area (Å²) in [6.45, 7) is 3.66. The first-order valence-corrected chi connectivity index (χ1v) is 5.24. The van der Waals surface area contributed by atoms with E-state index in [2.05, 4.69) is 20.6 Å². The van der Waals surface area contributed by atoms with Gasteiger partial charge in [0.1, 0.15) is 5.38 Å². The molecule has 16 heavy (non-hydrogen) atoms. The van der Waals surface area contributed by atoms with Gasteiger partial charge in [0.05, 0.1) is 11.4 Å². The zero-order valence-corrected chi connectivity index (χ0v) is 9.99. The van der Waals surface area contributed by atoms with Crippen LogP contribution < -0.4 is 5.32 Å². The van der Waals surface area contributed by atoms with Gasteiger partial charge in [0.2, 0.25) is 5.89 Å². The fraction of sp³-hybridized carbons (Fsp3) is 0.444. The van der Waals surface area contributed by atoms with Crippen LogP contribution in [0.1, 0.15) is 23.9 Å². The van der Waals surface area contributed by atoms with Crippen LogP contribution in [-0.4, -0.2) is 20.0 Å². The Labute approximate surface area is 97.6 Å². The van der Waals surface area contributed by atoms with E-state index in [4.69, 9.17) is 16.0 Å². The lowest BCUT2D eigenvalue weighted by Crippen LogP contribution is -1.90. The molecule has 86 valence electrons. The number of aromatic nitrogens is 4. The summed E-state index contributed by atoms with van der Waals surface area (Å²) in [6.07, 6.45) is 1.84. The number of rotatable bonds is 3. The summed E-state index contributed by atoms with van der Waals surface area (Å²) in [7, 11) is 1.85. The predicted octanol–water partition coefficient (Wildman–Crippen LogP) is 2.15. The molecule has 0 saturated heterocycles. The molecule has 2 aromatic heterocycles. The minimum atomic E-state index is -0.293. The van der Waals surface area contributed by atoms with E-state index < -0.39 is 0 Å². The highest BCUT2D eigenvalue weighted by atomic mass is 35.5. The molecular formula is C9H12ClN5O. The van der Waals surface area contributed by atoms with Gasteiger partial charge in [-0.2, -0.15) is 5.10 Å². The number of halogens is 1. The molecule has 0 bridgehead atoms. The van der Waals surface area contributed by atoms with Crippen LogP contribution in [-0.2, 0) is 7.05 Å². The van der Waals surface area contributed by atoms with E-state index in [1.165, 1.54) is 0 Å². The molecule has 0 aliphatic rings. The molecule has 2 rings (SSSR count). The van der Waals surface area contributed by atoms with Gasteiger partial charge in [-0.3, -0.25) is 4.68 Å². The molecule has 0 aliphatic heterocycles. The smallest absolute Gasteiger partial charge is 0.320 e. The van der Waals surface area contributed by atoms with Crippen molar-refractivity contribution in [2.75, 3.05) is 5.32 Å². The molecule has 1 N–H and O–H groups in total. The minimum Gasteiger partial charge on any atom is -0.406 e. The topological polar surface area (TPSA) is 68.8 Å². The van der Waals surface area contributed by atoms with Gasteiger partial charge in [-0.1, -0.05) is 5.10 Å². The third-order valence-corrected chi connectivity index (χ3v) is 2.22. The molecule has 2 heterocycles. The van der Waals surface area contributed by atoms with Gasteiger partial charge >= 0.3 is 6.01 Å². The first-order valence-electron chi connectivity index (χ1n) is 4.81. The number of nitrogens with one attached hydrogen (secondary N) is 1. The zero-order chi connectivity index (χ0) is 11.7. The van der Waals surface area contributed by atoms with Gasteiger partial charge in [-0.15, -0.1) is 16.7 Å². The Morgan fingerprint density at radius 2 is 2.25 bits per heavy atom. The zero-order valence-electron chi connectivity index (χ0n) is 9.23.